The van der Waals surface area contributed by atoms with Crippen LogP contribution in [0.15, 0.2) is 59.5 Å². The molecule has 2 rings (SSSR count). The second-order valence-corrected chi connectivity index (χ2v) is 7.47. The lowest BCUT2D eigenvalue weighted by molar-refractivity contribution is 0.483. The first kappa shape index (κ1) is 16.6. The maximum atomic E-state index is 11.7. The first-order valence-corrected chi connectivity index (χ1v) is 9.17. The van der Waals surface area contributed by atoms with Crippen LogP contribution in [-0.4, -0.2) is 25.9 Å². The second kappa shape index (κ2) is 6.17. The van der Waals surface area contributed by atoms with Crippen molar-refractivity contribution >= 4 is 25.1 Å². The predicted octanol–water partition coefficient (Wildman–Crippen LogP) is 2.29. The Kier molecular flexibility index (Phi) is 4.66. The van der Waals surface area contributed by atoms with Crippen LogP contribution >= 0.6 is 0 Å². The molecule has 6 nitrogen and oxygen atoms in total. The van der Waals surface area contributed by atoms with Crippen molar-refractivity contribution in [3.05, 3.63) is 60.2 Å². The van der Waals surface area contributed by atoms with Gasteiger partial charge in [-0.3, -0.25) is 9.11 Å². The normalized spacial score (nSPS) is 19.4. The number of hydrogen-bond donors (Lipinski definition) is 2. The molecule has 0 fully saturated rings. The minimum absolute atomic E-state index is 0.268. The Morgan fingerprint density at radius 3 is 2.32 bits per heavy atom. The zero-order valence-corrected chi connectivity index (χ0v) is 13.0. The maximum absolute atomic E-state index is 11.7. The molecule has 8 heteroatoms. The molecule has 118 valence electrons. The second-order valence-electron chi connectivity index (χ2n) is 4.69. The highest BCUT2D eigenvalue weighted by Crippen LogP contribution is 2.29. The molecule has 0 saturated carbocycles. The van der Waals surface area contributed by atoms with Crippen molar-refractivity contribution in [1.29, 1.82) is 0 Å². The van der Waals surface area contributed by atoms with Gasteiger partial charge in [0.25, 0.3) is 20.2 Å². The Morgan fingerprint density at radius 1 is 1.09 bits per heavy atom. The van der Waals surface area contributed by atoms with Gasteiger partial charge in [-0.25, -0.2) is 0 Å². The van der Waals surface area contributed by atoms with Gasteiger partial charge in [-0.05, 0) is 12.5 Å². The summed E-state index contributed by atoms with van der Waals surface area (Å²) in [5.74, 6) is -0.309. The average Bonchev–Trinajstić information content (AvgIpc) is 2.44. The van der Waals surface area contributed by atoms with Crippen molar-refractivity contribution in [1.82, 2.24) is 0 Å². The molecule has 1 aromatic carbocycles. The Balaban J connectivity index is 2.65. The number of allylic oxidation sites excluding steroid dienone is 5. The van der Waals surface area contributed by atoms with E-state index < -0.39 is 30.0 Å². The first-order valence-electron chi connectivity index (χ1n) is 6.29. The van der Waals surface area contributed by atoms with Crippen molar-refractivity contribution in [2.24, 2.45) is 5.92 Å². The monoisotopic (exact) mass is 342 g/mol. The molecule has 0 amide bonds. The molecule has 0 aliphatic heterocycles. The van der Waals surface area contributed by atoms with Crippen LogP contribution in [0.4, 0.5) is 0 Å². The van der Waals surface area contributed by atoms with E-state index in [1.807, 2.05) is 6.08 Å². The third-order valence-corrected chi connectivity index (χ3v) is 4.91. The lowest BCUT2D eigenvalue weighted by Gasteiger charge is -2.13. The van der Waals surface area contributed by atoms with Gasteiger partial charge in [0.05, 0.1) is 4.91 Å². The maximum Gasteiger partial charge on any atom is 0.295 e. The van der Waals surface area contributed by atoms with Crippen molar-refractivity contribution in [2.75, 3.05) is 0 Å². The van der Waals surface area contributed by atoms with Crippen LogP contribution in [0.25, 0.3) is 4.91 Å². The zero-order chi connectivity index (χ0) is 16.4. The van der Waals surface area contributed by atoms with Gasteiger partial charge in [-0.1, -0.05) is 48.6 Å². The third kappa shape index (κ3) is 3.92. The van der Waals surface area contributed by atoms with E-state index >= 15 is 0 Å². The summed E-state index contributed by atoms with van der Waals surface area (Å²) in [5.41, 5.74) is -0.268. The molecular weight excluding hydrogens is 328 g/mol. The van der Waals surface area contributed by atoms with E-state index in [0.717, 1.165) is 6.07 Å². The molecule has 1 aliphatic carbocycles. The van der Waals surface area contributed by atoms with Crippen molar-refractivity contribution in [3.8, 4) is 0 Å². The van der Waals surface area contributed by atoms with Crippen LogP contribution in [0.5, 0.6) is 0 Å². The van der Waals surface area contributed by atoms with Gasteiger partial charge in [0.15, 0.2) is 0 Å². The fraction of sp³-hybridized carbons (Fsp3) is 0.143. The van der Waals surface area contributed by atoms with Gasteiger partial charge >= 0.3 is 0 Å². The molecule has 0 bridgehead atoms. The average molecular weight is 342 g/mol. The lowest BCUT2D eigenvalue weighted by atomic mass is 9.99. The first-order chi connectivity index (χ1) is 10.2. The Bertz CT molecular complexity index is 860. The fourth-order valence-electron chi connectivity index (χ4n) is 2.13. The van der Waals surface area contributed by atoms with E-state index in [-0.39, 0.29) is 11.5 Å². The highest BCUT2D eigenvalue weighted by atomic mass is 32.2. The van der Waals surface area contributed by atoms with Crippen LogP contribution in [0.1, 0.15) is 12.0 Å². The molecule has 22 heavy (non-hydrogen) atoms. The zero-order valence-electron chi connectivity index (χ0n) is 11.3. The summed E-state index contributed by atoms with van der Waals surface area (Å²) in [7, 11) is -9.30. The van der Waals surface area contributed by atoms with E-state index in [2.05, 4.69) is 0 Å². The summed E-state index contributed by atoms with van der Waals surface area (Å²) in [6.45, 7) is 0. The van der Waals surface area contributed by atoms with Crippen molar-refractivity contribution < 1.29 is 25.9 Å². The SMILES string of the molecule is O=S(=O)(O)C(=CC1C=CC=CC1)c1ccccc1S(=O)(=O)O. The van der Waals surface area contributed by atoms with Gasteiger partial charge in [-0.15, -0.1) is 0 Å². The molecule has 0 aromatic heterocycles. The van der Waals surface area contributed by atoms with Gasteiger partial charge in [-0.2, -0.15) is 16.8 Å². The van der Waals surface area contributed by atoms with Gasteiger partial charge in [0, 0.05) is 11.5 Å². The van der Waals surface area contributed by atoms with Gasteiger partial charge in [0.1, 0.15) is 4.90 Å². The van der Waals surface area contributed by atoms with Crippen LogP contribution in [0, 0.1) is 5.92 Å². The van der Waals surface area contributed by atoms with E-state index in [9.17, 15) is 25.9 Å². The summed E-state index contributed by atoms with van der Waals surface area (Å²) < 4.78 is 64.8. The molecule has 1 aromatic rings. The molecule has 0 saturated heterocycles. The quantitative estimate of drug-likeness (QED) is 0.813. The number of hydrogen-bond acceptors (Lipinski definition) is 4. The van der Waals surface area contributed by atoms with Crippen molar-refractivity contribution in [2.45, 2.75) is 11.3 Å². The van der Waals surface area contributed by atoms with Crippen LogP contribution < -0.4 is 0 Å². The van der Waals surface area contributed by atoms with E-state index in [0.29, 0.717) is 6.42 Å². The third-order valence-electron chi connectivity index (χ3n) is 3.09. The summed E-state index contributed by atoms with van der Waals surface area (Å²) in [5, 5.41) is 0. The standard InChI is InChI=1S/C14H14O6S2/c15-21(16,17)13-9-5-4-8-12(13)14(22(18,19)20)10-11-6-2-1-3-7-11/h1-6,8-11H,7H2,(H,15,16,17)(H,18,19,20). The summed E-state index contributed by atoms with van der Waals surface area (Å²) in [6.07, 6.45) is 8.84. The molecule has 0 spiro atoms. The van der Waals surface area contributed by atoms with Gasteiger partial charge < -0.3 is 0 Å². The largest absolute Gasteiger partial charge is 0.295 e. The summed E-state index contributed by atoms with van der Waals surface area (Å²) in [6, 6.07) is 5.04. The van der Waals surface area contributed by atoms with E-state index in [1.54, 1.807) is 18.2 Å². The molecule has 0 radical (unpaired) electrons. The lowest BCUT2D eigenvalue weighted by Crippen LogP contribution is -2.09. The topological polar surface area (TPSA) is 109 Å². The van der Waals surface area contributed by atoms with Gasteiger partial charge in [0.2, 0.25) is 0 Å². The Hall–Kier alpha value is -1.74. The van der Waals surface area contributed by atoms with Crippen LogP contribution in [-0.2, 0) is 20.2 Å². The van der Waals surface area contributed by atoms with Crippen LogP contribution in [0.3, 0.4) is 0 Å². The number of benzene rings is 1. The van der Waals surface area contributed by atoms with E-state index in [1.165, 1.54) is 24.3 Å². The molecule has 0 heterocycles. The molecule has 2 N–H and O–H groups in total. The predicted molar refractivity (Wildman–Crippen MR) is 82.2 cm³/mol. The highest BCUT2D eigenvalue weighted by molar-refractivity contribution is 7.95. The fourth-order valence-corrected chi connectivity index (χ4v) is 3.70. The summed E-state index contributed by atoms with van der Waals surface area (Å²) >= 11 is 0. The molecule has 1 aliphatic rings. The smallest absolute Gasteiger partial charge is 0.282 e. The highest BCUT2D eigenvalue weighted by Gasteiger charge is 2.25. The molecular formula is C14H14O6S2. The minimum Gasteiger partial charge on any atom is -0.282 e. The Morgan fingerprint density at radius 2 is 1.77 bits per heavy atom. The molecule has 1 atom stereocenters. The minimum atomic E-state index is -4.67. The Labute approximate surface area is 129 Å². The number of rotatable bonds is 4. The van der Waals surface area contributed by atoms with E-state index in [4.69, 9.17) is 0 Å². The van der Waals surface area contributed by atoms with Crippen molar-refractivity contribution in [3.63, 3.8) is 0 Å². The van der Waals surface area contributed by atoms with Crippen LogP contribution in [0.2, 0.25) is 0 Å². The molecule has 1 unspecified atom stereocenters. The summed E-state index contributed by atoms with van der Waals surface area (Å²) in [4.78, 5) is -1.13.